The minimum Gasteiger partial charge on any atom is -0.493 e. The topological polar surface area (TPSA) is 303 Å². The molecule has 5 N–H and O–H groups in total. The van der Waals surface area contributed by atoms with Crippen LogP contribution in [0.1, 0.15) is 119 Å². The Morgan fingerprint density at radius 3 is 1.48 bits per heavy atom. The first kappa shape index (κ1) is 66.5. The first-order chi connectivity index (χ1) is 42.1. The van der Waals surface area contributed by atoms with E-state index in [9.17, 15) is 43.2 Å². The molecule has 3 aromatic carbocycles. The van der Waals surface area contributed by atoms with Crippen LogP contribution in [0.5, 0.6) is 23.0 Å². The monoisotopic (exact) mass is 1220 g/mol. The molecule has 4 fully saturated rings. The van der Waals surface area contributed by atoms with E-state index in [0.717, 1.165) is 25.7 Å². The number of amides is 7. The smallest absolute Gasteiger partial charge is 0.411 e. The molecule has 2 aliphatic carbocycles. The zero-order valence-corrected chi connectivity index (χ0v) is 51.0. The van der Waals surface area contributed by atoms with Gasteiger partial charge in [-0.1, -0.05) is 51.3 Å². The Morgan fingerprint density at radius 2 is 1.05 bits per heavy atom. The second-order valence-electron chi connectivity index (χ2n) is 22.9. The van der Waals surface area contributed by atoms with E-state index in [0.29, 0.717) is 56.4 Å². The van der Waals surface area contributed by atoms with Crippen LogP contribution in [0.25, 0.3) is 0 Å². The maximum atomic E-state index is 14.6. The number of carbonyl (C=O) groups excluding carboxylic acids is 9. The molecule has 7 rings (SSSR count). The molecule has 7 amide bonds. The molecule has 2 saturated heterocycles. The third kappa shape index (κ3) is 18.3. The van der Waals surface area contributed by atoms with Gasteiger partial charge in [-0.25, -0.2) is 14.4 Å². The number of anilines is 3. The number of rotatable bonds is 30. The highest BCUT2D eigenvalue weighted by Crippen LogP contribution is 2.56. The van der Waals surface area contributed by atoms with Crippen LogP contribution in [-0.4, -0.2) is 155 Å². The third-order valence-electron chi connectivity index (χ3n) is 15.7. The minimum atomic E-state index is -0.990. The van der Waals surface area contributed by atoms with Crippen molar-refractivity contribution in [3.8, 4) is 23.0 Å². The first-order valence-corrected chi connectivity index (χ1v) is 29.4. The quantitative estimate of drug-likeness (QED) is 0.0181. The summed E-state index contributed by atoms with van der Waals surface area (Å²) < 4.78 is 50.4. The van der Waals surface area contributed by atoms with Gasteiger partial charge in [0.15, 0.2) is 23.0 Å². The van der Waals surface area contributed by atoms with Crippen LogP contribution in [0.15, 0.2) is 73.8 Å². The minimum absolute atomic E-state index is 0.00864. The number of nitrogens with zero attached hydrogens (tertiary/aromatic N) is 2. The van der Waals surface area contributed by atoms with Gasteiger partial charge in [-0.3, -0.25) is 39.4 Å². The second kappa shape index (κ2) is 30.5. The summed E-state index contributed by atoms with van der Waals surface area (Å²) in [6.45, 7) is 15.7. The molecule has 2 heterocycles. The molecule has 2 spiro atoms. The highest BCUT2D eigenvalue weighted by molar-refractivity contribution is 6.05. The molecular formula is C63H81N7O18. The van der Waals surface area contributed by atoms with Gasteiger partial charge in [-0.15, -0.1) is 0 Å². The molecule has 2 saturated carbocycles. The SMILES string of the molecule is C=CCOC(=O)Nc1cc(OCCCCCOc2cc(NC(=O)OCc3ccc(NC(=O)[C@H](C)NC(=O)[C@@H](NC(=O)OCC=C)C(C)C)cc3)c(C(=O)N3CC4(CC4)C[C@H]3COC(C)=O)cc2OC)c(OC)cc1C(=O)N1CC2(CC2)C[C@H]1COC(C)=O. The van der Waals surface area contributed by atoms with Crippen molar-refractivity contribution in [3.05, 3.63) is 90.5 Å². The Bertz CT molecular complexity index is 3070. The van der Waals surface area contributed by atoms with Gasteiger partial charge in [0, 0.05) is 44.8 Å². The van der Waals surface area contributed by atoms with Crippen molar-refractivity contribution in [1.29, 1.82) is 0 Å². The lowest BCUT2D eigenvalue weighted by Gasteiger charge is -2.26. The molecule has 0 radical (unpaired) electrons. The molecule has 4 aliphatic rings. The number of hydrogen-bond acceptors (Lipinski definition) is 18. The summed E-state index contributed by atoms with van der Waals surface area (Å²) in [6.07, 6.45) is 7.05. The summed E-state index contributed by atoms with van der Waals surface area (Å²) in [6, 6.07) is 9.74. The van der Waals surface area contributed by atoms with Crippen molar-refractivity contribution < 1.29 is 85.8 Å². The number of hydrogen-bond donors (Lipinski definition) is 5. The average Bonchev–Trinajstić information content (AvgIpc) is 1.83. The van der Waals surface area contributed by atoms with Crippen LogP contribution >= 0.6 is 0 Å². The van der Waals surface area contributed by atoms with Crippen LogP contribution in [0, 0.1) is 16.7 Å². The van der Waals surface area contributed by atoms with Crippen molar-refractivity contribution >= 4 is 70.9 Å². The lowest BCUT2D eigenvalue weighted by molar-refractivity contribution is -0.143. The summed E-state index contributed by atoms with van der Waals surface area (Å²) >= 11 is 0. The molecule has 4 atom stereocenters. The first-order valence-electron chi connectivity index (χ1n) is 29.4. The Kier molecular flexibility index (Phi) is 23.1. The average molecular weight is 1220 g/mol. The van der Waals surface area contributed by atoms with E-state index in [-0.39, 0.29) is 120 Å². The third-order valence-corrected chi connectivity index (χ3v) is 15.7. The fourth-order valence-corrected chi connectivity index (χ4v) is 10.6. The number of ether oxygens (including phenoxy) is 9. The molecule has 0 unspecified atom stereocenters. The van der Waals surface area contributed by atoms with E-state index in [1.54, 1.807) is 47.9 Å². The molecule has 2 aliphatic heterocycles. The molecular weight excluding hydrogens is 1140 g/mol. The van der Waals surface area contributed by atoms with E-state index < -0.39 is 66.1 Å². The van der Waals surface area contributed by atoms with Crippen molar-refractivity contribution in [2.24, 2.45) is 16.7 Å². The van der Waals surface area contributed by atoms with Crippen molar-refractivity contribution in [2.45, 2.75) is 123 Å². The number of likely N-dealkylation sites (tertiary alicyclic amines) is 2. The van der Waals surface area contributed by atoms with E-state index in [1.165, 1.54) is 71.4 Å². The lowest BCUT2D eigenvalue weighted by Crippen LogP contribution is -2.53. The van der Waals surface area contributed by atoms with Crippen molar-refractivity contribution in [3.63, 3.8) is 0 Å². The fourth-order valence-electron chi connectivity index (χ4n) is 10.6. The number of esters is 2. The summed E-state index contributed by atoms with van der Waals surface area (Å²) in [5.41, 5.74) is 1.25. The van der Waals surface area contributed by atoms with Gasteiger partial charge < -0.3 is 68.4 Å². The van der Waals surface area contributed by atoms with Crippen LogP contribution < -0.4 is 45.5 Å². The molecule has 476 valence electrons. The highest BCUT2D eigenvalue weighted by Gasteiger charge is 2.55. The Hall–Kier alpha value is -9.03. The second-order valence-corrected chi connectivity index (χ2v) is 22.9. The zero-order valence-electron chi connectivity index (χ0n) is 51.0. The lowest BCUT2D eigenvalue weighted by atomic mass is 10.0. The van der Waals surface area contributed by atoms with E-state index >= 15 is 0 Å². The standard InChI is InChI=1S/C63H81N7O18/c1-10-23-84-59(77)66-48-29-52(50(80-8)27-46(48)57(75)69-36-62(19-20-62)31-44(69)34-86-40(6)71)82-25-13-12-14-26-83-53-30-49(47(28-51(53)81-9)58(76)70-37-63(21-22-63)32-45(70)35-87-41(7)72)67-60(78)88-33-42-15-17-43(18-16-42)65-55(73)39(5)64-56(74)54(38(3)4)68-61(79)85-24-11-2/h10-11,15-18,27-30,38-39,44-45,54H,1-2,12-14,19-26,31-37H2,3-9H3,(H,64,74)(H,65,73)(H,66,77)(H,67,78)(H,68,79)/t39-,44-,45-,54-/m0/s1. The van der Waals surface area contributed by atoms with Crippen molar-refractivity contribution in [2.75, 3.05) is 82.9 Å². The number of nitrogens with one attached hydrogen (secondary N) is 5. The Morgan fingerprint density at radius 1 is 0.580 bits per heavy atom. The fraction of sp³-hybridized carbons (Fsp3) is 0.508. The maximum Gasteiger partial charge on any atom is 0.411 e. The van der Waals surface area contributed by atoms with Crippen LogP contribution in [0.2, 0.25) is 0 Å². The zero-order chi connectivity index (χ0) is 63.7. The summed E-state index contributed by atoms with van der Waals surface area (Å²) in [5.74, 6) is -2.21. The molecule has 25 nitrogen and oxygen atoms in total. The van der Waals surface area contributed by atoms with Crippen LogP contribution in [0.3, 0.4) is 0 Å². The van der Waals surface area contributed by atoms with Crippen molar-refractivity contribution in [1.82, 2.24) is 20.4 Å². The summed E-state index contributed by atoms with van der Waals surface area (Å²) in [5, 5.41) is 13.3. The summed E-state index contributed by atoms with van der Waals surface area (Å²) in [4.78, 5) is 121. The molecule has 0 bridgehead atoms. The van der Waals surface area contributed by atoms with E-state index in [4.69, 9.17) is 42.6 Å². The number of unbranched alkanes of at least 4 members (excludes halogenated alkanes) is 2. The normalized spacial score (nSPS) is 17.1. The Balaban J connectivity index is 0.984. The predicted molar refractivity (Wildman–Crippen MR) is 321 cm³/mol. The van der Waals surface area contributed by atoms with Crippen LogP contribution in [-0.2, 0) is 49.5 Å². The van der Waals surface area contributed by atoms with Gasteiger partial charge in [0.25, 0.3) is 11.8 Å². The highest BCUT2D eigenvalue weighted by atomic mass is 16.6. The number of methoxy groups -OCH3 is 2. The van der Waals surface area contributed by atoms with Crippen LogP contribution in [0.4, 0.5) is 31.4 Å². The Labute approximate surface area is 511 Å². The van der Waals surface area contributed by atoms with Gasteiger partial charge in [0.2, 0.25) is 11.8 Å². The molecule has 88 heavy (non-hydrogen) atoms. The van der Waals surface area contributed by atoms with Gasteiger partial charge in [-0.05, 0) is 111 Å². The molecule has 0 aromatic heterocycles. The maximum absolute atomic E-state index is 14.6. The van der Waals surface area contributed by atoms with Gasteiger partial charge in [-0.2, -0.15) is 0 Å². The number of alkyl carbamates (subject to hydrolysis) is 1. The van der Waals surface area contributed by atoms with Gasteiger partial charge in [0.1, 0.15) is 45.1 Å². The molecule has 3 aromatic rings. The van der Waals surface area contributed by atoms with Gasteiger partial charge in [0.05, 0.1) is 62.0 Å². The number of benzene rings is 3. The largest absolute Gasteiger partial charge is 0.493 e. The van der Waals surface area contributed by atoms with E-state index in [2.05, 4.69) is 39.7 Å². The summed E-state index contributed by atoms with van der Waals surface area (Å²) in [7, 11) is 2.87. The predicted octanol–water partition coefficient (Wildman–Crippen LogP) is 8.31. The number of carbonyl (C=O) groups is 9. The van der Waals surface area contributed by atoms with E-state index in [1.807, 2.05) is 0 Å². The van der Waals surface area contributed by atoms with Gasteiger partial charge >= 0.3 is 30.2 Å². The molecule has 25 heteroatoms.